The van der Waals surface area contributed by atoms with Crippen molar-refractivity contribution in [3.05, 3.63) is 0 Å². The van der Waals surface area contributed by atoms with E-state index in [0.717, 1.165) is 0 Å². The molecule has 0 heterocycles. The van der Waals surface area contributed by atoms with Gasteiger partial charge >= 0.3 is 9.53 Å². The zero-order chi connectivity index (χ0) is 6.41. The Labute approximate surface area is 49.0 Å². The van der Waals surface area contributed by atoms with E-state index < -0.39 is 9.53 Å². The Bertz CT molecular complexity index is 52.5. The predicted octanol–water partition coefficient (Wildman–Crippen LogP) is -2.56. The molecule has 0 amide bonds. The van der Waals surface area contributed by atoms with Gasteiger partial charge in [0.1, 0.15) is 0 Å². The molecular formula is C2H9N2O3Si. The van der Waals surface area contributed by atoms with Crippen LogP contribution < -0.4 is 11.2 Å². The Kier molecular flexibility index (Phi) is 5.17. The summed E-state index contributed by atoms with van der Waals surface area (Å²) in [7, 11) is -2.57. The molecule has 0 saturated heterocycles. The van der Waals surface area contributed by atoms with Gasteiger partial charge in [0.25, 0.3) is 0 Å². The van der Waals surface area contributed by atoms with E-state index in [9.17, 15) is 0 Å². The van der Waals surface area contributed by atoms with Crippen LogP contribution in [-0.2, 0) is 4.53 Å². The summed E-state index contributed by atoms with van der Waals surface area (Å²) < 4.78 is 4.17. The Balaban J connectivity index is 2.72. The van der Waals surface area contributed by atoms with Crippen molar-refractivity contribution in [3.63, 3.8) is 0 Å². The van der Waals surface area contributed by atoms with Gasteiger partial charge in [-0.25, -0.2) is 5.48 Å². The Morgan fingerprint density at radius 3 is 2.62 bits per heavy atom. The van der Waals surface area contributed by atoms with Crippen molar-refractivity contribution in [2.75, 3.05) is 13.1 Å². The molecule has 0 atom stereocenters. The first kappa shape index (κ1) is 8.02. The van der Waals surface area contributed by atoms with E-state index in [-0.39, 0.29) is 0 Å². The monoisotopic (exact) mass is 137 g/mol. The van der Waals surface area contributed by atoms with Crippen LogP contribution >= 0.6 is 0 Å². The zero-order valence-corrected chi connectivity index (χ0v) is 5.29. The fourth-order valence-electron chi connectivity index (χ4n) is 0.175. The largest absolute Gasteiger partial charge is 0.590 e. The second-order valence-corrected chi connectivity index (χ2v) is 1.84. The molecule has 1 radical (unpaired) electrons. The molecule has 0 aliphatic rings. The Morgan fingerprint density at radius 2 is 2.25 bits per heavy atom. The molecule has 0 spiro atoms. The second kappa shape index (κ2) is 5.16. The first-order chi connectivity index (χ1) is 3.77. The van der Waals surface area contributed by atoms with Gasteiger partial charge in [0.05, 0.1) is 0 Å². The quantitative estimate of drug-likeness (QED) is 0.194. The number of hydroxylamine groups is 1. The van der Waals surface area contributed by atoms with Crippen LogP contribution in [0.25, 0.3) is 0 Å². The molecule has 8 heavy (non-hydrogen) atoms. The van der Waals surface area contributed by atoms with Crippen molar-refractivity contribution in [2.45, 2.75) is 0 Å². The lowest BCUT2D eigenvalue weighted by Crippen LogP contribution is -2.31. The molecule has 0 aliphatic heterocycles. The molecule has 6 heteroatoms. The highest BCUT2D eigenvalue weighted by atomic mass is 28.3. The molecule has 0 aliphatic carbocycles. The Morgan fingerprint density at radius 1 is 1.62 bits per heavy atom. The highest BCUT2D eigenvalue weighted by molar-refractivity contribution is 6.32. The average molecular weight is 137 g/mol. The van der Waals surface area contributed by atoms with Gasteiger partial charge in [0.2, 0.25) is 0 Å². The third kappa shape index (κ3) is 6.02. The van der Waals surface area contributed by atoms with E-state index in [1.807, 2.05) is 0 Å². The van der Waals surface area contributed by atoms with Crippen LogP contribution in [0, 0.1) is 0 Å². The van der Waals surface area contributed by atoms with Gasteiger partial charge in [0, 0.05) is 13.1 Å². The summed E-state index contributed by atoms with van der Waals surface area (Å²) in [6.45, 7) is 0.838. The summed E-state index contributed by atoms with van der Waals surface area (Å²) >= 11 is 0. The van der Waals surface area contributed by atoms with Crippen LogP contribution in [0.3, 0.4) is 0 Å². The van der Waals surface area contributed by atoms with Gasteiger partial charge in [-0.05, 0) is 0 Å². The average Bonchev–Trinajstić information content (AvgIpc) is 1.66. The topological polar surface area (TPSA) is 87.7 Å². The molecule has 0 bridgehead atoms. The first-order valence-corrected chi connectivity index (χ1v) is 3.42. The van der Waals surface area contributed by atoms with E-state index in [2.05, 4.69) is 10.0 Å². The highest BCUT2D eigenvalue weighted by Crippen LogP contribution is 1.64. The second-order valence-electron chi connectivity index (χ2n) is 1.07. The summed E-state index contributed by atoms with van der Waals surface area (Å²) in [4.78, 5) is 16.2. The fourth-order valence-corrected chi connectivity index (χ4v) is 0.406. The number of hydrogen-bond donors (Lipinski definition) is 4. The molecular weight excluding hydrogens is 128 g/mol. The third-order valence-corrected chi connectivity index (χ3v) is 0.737. The van der Waals surface area contributed by atoms with Gasteiger partial charge < -0.3 is 15.3 Å². The lowest BCUT2D eigenvalue weighted by atomic mass is 10.7. The molecule has 0 fully saturated rings. The fraction of sp³-hybridized carbons (Fsp3) is 1.00. The van der Waals surface area contributed by atoms with Gasteiger partial charge in [-0.15, -0.1) is 0 Å². The van der Waals surface area contributed by atoms with E-state index in [4.69, 9.17) is 15.3 Å². The number of rotatable bonds is 4. The van der Waals surface area contributed by atoms with Crippen LogP contribution in [0.1, 0.15) is 0 Å². The van der Waals surface area contributed by atoms with Gasteiger partial charge in [-0.3, -0.25) is 4.53 Å². The lowest BCUT2D eigenvalue weighted by Gasteiger charge is -2.00. The minimum atomic E-state index is -2.57. The summed E-state index contributed by atoms with van der Waals surface area (Å²) in [6, 6.07) is 0. The smallest absolute Gasteiger partial charge is 0.387 e. The summed E-state index contributed by atoms with van der Waals surface area (Å²) in [5, 5.41) is 0. The van der Waals surface area contributed by atoms with Crippen molar-refractivity contribution in [1.82, 2.24) is 5.48 Å². The number of nitrogens with two attached hydrogens (primary N) is 1. The maximum absolute atomic E-state index is 8.11. The lowest BCUT2D eigenvalue weighted by molar-refractivity contribution is 0.111. The zero-order valence-electron chi connectivity index (χ0n) is 4.29. The molecule has 0 rings (SSSR count). The van der Waals surface area contributed by atoms with Gasteiger partial charge in [0.15, 0.2) is 0 Å². The summed E-state index contributed by atoms with van der Waals surface area (Å²) in [6.07, 6.45) is 0. The van der Waals surface area contributed by atoms with Crippen LogP contribution in [0.4, 0.5) is 0 Å². The van der Waals surface area contributed by atoms with E-state index in [1.165, 1.54) is 0 Å². The van der Waals surface area contributed by atoms with Gasteiger partial charge in [-0.2, -0.15) is 0 Å². The normalized spacial score (nSPS) is 10.5. The molecule has 0 saturated carbocycles. The maximum Gasteiger partial charge on any atom is 0.590 e. The van der Waals surface area contributed by atoms with Crippen molar-refractivity contribution in [2.24, 2.45) is 5.73 Å². The van der Waals surface area contributed by atoms with Crippen LogP contribution in [0.15, 0.2) is 0 Å². The van der Waals surface area contributed by atoms with Gasteiger partial charge in [-0.1, -0.05) is 0 Å². The minimum absolute atomic E-state index is 0.412. The molecule has 0 unspecified atom stereocenters. The Hall–Kier alpha value is 0.0169. The van der Waals surface area contributed by atoms with Crippen LogP contribution in [-0.4, -0.2) is 32.2 Å². The molecule has 49 valence electrons. The first-order valence-electron chi connectivity index (χ1n) is 2.12. The third-order valence-electron chi connectivity index (χ3n) is 0.410. The molecule has 5 N–H and O–H groups in total. The SMILES string of the molecule is NCCNO[Si](O)O. The minimum Gasteiger partial charge on any atom is -0.387 e. The van der Waals surface area contributed by atoms with Crippen molar-refractivity contribution < 1.29 is 14.1 Å². The maximum atomic E-state index is 8.11. The van der Waals surface area contributed by atoms with Crippen LogP contribution in [0.5, 0.6) is 0 Å². The van der Waals surface area contributed by atoms with Crippen molar-refractivity contribution in [3.8, 4) is 0 Å². The van der Waals surface area contributed by atoms with E-state index in [0.29, 0.717) is 13.1 Å². The van der Waals surface area contributed by atoms with Crippen molar-refractivity contribution >= 4 is 9.53 Å². The number of hydrogen-bond acceptors (Lipinski definition) is 5. The standard InChI is InChI=1S/C2H9N2O3Si/c3-1-2-4-7-8(5)6/h4-6H,1-3H2. The molecule has 5 nitrogen and oxygen atoms in total. The molecule has 0 aromatic heterocycles. The predicted molar refractivity (Wildman–Crippen MR) is 28.3 cm³/mol. The molecule has 0 aromatic rings. The van der Waals surface area contributed by atoms with Crippen molar-refractivity contribution in [1.29, 1.82) is 0 Å². The van der Waals surface area contributed by atoms with E-state index >= 15 is 0 Å². The van der Waals surface area contributed by atoms with E-state index in [1.54, 1.807) is 0 Å². The molecule has 0 aromatic carbocycles. The highest BCUT2D eigenvalue weighted by Gasteiger charge is 2.03. The number of nitrogens with one attached hydrogen (secondary N) is 1. The summed E-state index contributed by atoms with van der Waals surface area (Å²) in [5.74, 6) is 0. The van der Waals surface area contributed by atoms with Crippen LogP contribution in [0.2, 0.25) is 0 Å². The summed E-state index contributed by atoms with van der Waals surface area (Å²) in [5.41, 5.74) is 7.28.